The van der Waals surface area contributed by atoms with Crippen LogP contribution in [0.2, 0.25) is 0 Å². The molecule has 5 nitrogen and oxygen atoms in total. The van der Waals surface area contributed by atoms with Crippen LogP contribution in [0.3, 0.4) is 0 Å². The van der Waals surface area contributed by atoms with Crippen molar-refractivity contribution in [2.75, 3.05) is 44.0 Å². The Balaban J connectivity index is 1.69. The van der Waals surface area contributed by atoms with Crippen molar-refractivity contribution in [1.29, 1.82) is 0 Å². The van der Waals surface area contributed by atoms with Crippen molar-refractivity contribution in [2.45, 2.75) is 25.8 Å². The topological polar surface area (TPSA) is 36.3 Å². The molecule has 5 heteroatoms. The van der Waals surface area contributed by atoms with Crippen LogP contribution in [0, 0.1) is 6.92 Å². The highest BCUT2D eigenvalue weighted by atomic mass is 15.4. The van der Waals surface area contributed by atoms with Crippen LogP contribution in [0.15, 0.2) is 24.3 Å². The van der Waals surface area contributed by atoms with E-state index in [1.165, 1.54) is 29.1 Å². The summed E-state index contributed by atoms with van der Waals surface area (Å²) in [5, 5.41) is 8.25. The van der Waals surface area contributed by atoms with Crippen LogP contribution < -0.4 is 15.1 Å². The lowest BCUT2D eigenvalue weighted by Crippen LogP contribution is -2.32. The Hall–Kier alpha value is -2.01. The lowest BCUT2D eigenvalue weighted by molar-refractivity contribution is 0.533. The second-order valence-electron chi connectivity index (χ2n) is 7.00. The number of aromatic nitrogens is 2. The van der Waals surface area contributed by atoms with Gasteiger partial charge >= 0.3 is 0 Å². The zero-order valence-corrected chi connectivity index (χ0v) is 15.5. The monoisotopic (exact) mass is 327 g/mol. The number of benzene rings is 1. The summed E-state index contributed by atoms with van der Waals surface area (Å²) in [6.07, 6.45) is 1.20. The standard InChI is InChI=1S/C19H29N5/c1-14-17(19(22(2)3)24(5)21-14)13-20-12-15-10-11-23(4)18-9-7-6-8-16(15)18/h6-9,15,20H,10-13H2,1-5H3. The van der Waals surface area contributed by atoms with Crippen LogP contribution >= 0.6 is 0 Å². The molecule has 130 valence electrons. The van der Waals surface area contributed by atoms with Gasteiger partial charge in [0.15, 0.2) is 0 Å². The van der Waals surface area contributed by atoms with Crippen LogP contribution in [0.1, 0.15) is 29.2 Å². The normalized spacial score (nSPS) is 17.0. The quantitative estimate of drug-likeness (QED) is 0.915. The molecule has 1 aromatic carbocycles. The molecule has 0 saturated heterocycles. The number of hydrogen-bond acceptors (Lipinski definition) is 4. The van der Waals surface area contributed by atoms with Crippen LogP contribution in [-0.2, 0) is 13.6 Å². The summed E-state index contributed by atoms with van der Waals surface area (Å²) in [7, 11) is 8.35. The Morgan fingerprint density at radius 3 is 2.75 bits per heavy atom. The van der Waals surface area contributed by atoms with E-state index in [0.717, 1.165) is 25.3 Å². The van der Waals surface area contributed by atoms with Crippen molar-refractivity contribution in [2.24, 2.45) is 7.05 Å². The van der Waals surface area contributed by atoms with Gasteiger partial charge in [0.05, 0.1) is 5.69 Å². The molecule has 24 heavy (non-hydrogen) atoms. The number of aryl methyl sites for hydroxylation is 2. The van der Waals surface area contributed by atoms with Gasteiger partial charge in [0, 0.05) is 65.0 Å². The third-order valence-electron chi connectivity index (χ3n) is 5.03. The number of anilines is 2. The smallest absolute Gasteiger partial charge is 0.130 e. The minimum atomic E-state index is 0.581. The van der Waals surface area contributed by atoms with Gasteiger partial charge in [-0.2, -0.15) is 5.10 Å². The maximum Gasteiger partial charge on any atom is 0.130 e. The lowest BCUT2D eigenvalue weighted by atomic mass is 9.90. The van der Waals surface area contributed by atoms with E-state index in [4.69, 9.17) is 0 Å². The molecule has 1 N–H and O–H groups in total. The highest BCUT2D eigenvalue weighted by molar-refractivity contribution is 5.56. The summed E-state index contributed by atoms with van der Waals surface area (Å²) in [5.41, 5.74) is 5.25. The molecule has 0 bridgehead atoms. The fraction of sp³-hybridized carbons (Fsp3) is 0.526. The van der Waals surface area contributed by atoms with E-state index in [0.29, 0.717) is 5.92 Å². The molecule has 0 fully saturated rings. The van der Waals surface area contributed by atoms with Crippen LogP contribution in [0.5, 0.6) is 0 Å². The fourth-order valence-electron chi connectivity index (χ4n) is 3.85. The average molecular weight is 327 g/mol. The molecule has 0 radical (unpaired) electrons. The minimum absolute atomic E-state index is 0.581. The molecular weight excluding hydrogens is 298 g/mol. The summed E-state index contributed by atoms with van der Waals surface area (Å²) in [6.45, 7) is 5.08. The summed E-state index contributed by atoms with van der Waals surface area (Å²) in [4.78, 5) is 4.50. The molecular formula is C19H29N5. The number of fused-ring (bicyclic) bond motifs is 1. The Morgan fingerprint density at radius 1 is 1.25 bits per heavy atom. The first kappa shape index (κ1) is 16.8. The van der Waals surface area contributed by atoms with Gasteiger partial charge in [-0.05, 0) is 25.0 Å². The highest BCUT2D eigenvalue weighted by Gasteiger charge is 2.23. The van der Waals surface area contributed by atoms with E-state index in [1.54, 1.807) is 0 Å². The molecule has 1 aromatic heterocycles. The van der Waals surface area contributed by atoms with Crippen molar-refractivity contribution < 1.29 is 0 Å². The van der Waals surface area contributed by atoms with Crippen molar-refractivity contribution in [3.05, 3.63) is 41.1 Å². The molecule has 2 aromatic rings. The third kappa shape index (κ3) is 3.13. The van der Waals surface area contributed by atoms with Gasteiger partial charge in [-0.3, -0.25) is 4.68 Å². The number of rotatable bonds is 5. The number of nitrogens with one attached hydrogen (secondary N) is 1. The first-order valence-corrected chi connectivity index (χ1v) is 8.69. The Labute approximate surface area is 145 Å². The molecule has 0 amide bonds. The lowest BCUT2D eigenvalue weighted by Gasteiger charge is -2.33. The molecule has 1 unspecified atom stereocenters. The predicted molar refractivity (Wildman–Crippen MR) is 101 cm³/mol. The number of nitrogens with zero attached hydrogens (tertiary/aromatic N) is 4. The Bertz CT molecular complexity index is 704. The maximum atomic E-state index is 4.57. The SMILES string of the molecule is Cc1nn(C)c(N(C)C)c1CNCC1CCN(C)c2ccccc21. The second-order valence-corrected chi connectivity index (χ2v) is 7.00. The Morgan fingerprint density at radius 2 is 2.00 bits per heavy atom. The van der Waals surface area contributed by atoms with E-state index in [-0.39, 0.29) is 0 Å². The third-order valence-corrected chi connectivity index (χ3v) is 5.03. The van der Waals surface area contributed by atoms with E-state index in [9.17, 15) is 0 Å². The van der Waals surface area contributed by atoms with Crippen LogP contribution in [-0.4, -0.2) is 44.0 Å². The zero-order valence-electron chi connectivity index (χ0n) is 15.5. The zero-order chi connectivity index (χ0) is 17.3. The summed E-state index contributed by atoms with van der Waals surface area (Å²) in [5.74, 6) is 1.76. The molecule has 0 spiro atoms. The van der Waals surface area contributed by atoms with Crippen molar-refractivity contribution >= 4 is 11.5 Å². The highest BCUT2D eigenvalue weighted by Crippen LogP contribution is 2.33. The second kappa shape index (κ2) is 6.85. The fourth-order valence-corrected chi connectivity index (χ4v) is 3.85. The molecule has 0 saturated carbocycles. The Kier molecular flexibility index (Phi) is 4.81. The van der Waals surface area contributed by atoms with E-state index in [2.05, 4.69) is 72.5 Å². The van der Waals surface area contributed by atoms with Crippen molar-refractivity contribution in [1.82, 2.24) is 15.1 Å². The van der Waals surface area contributed by atoms with E-state index < -0.39 is 0 Å². The van der Waals surface area contributed by atoms with Gasteiger partial charge in [-0.15, -0.1) is 0 Å². The van der Waals surface area contributed by atoms with Gasteiger partial charge in [0.2, 0.25) is 0 Å². The van der Waals surface area contributed by atoms with Crippen molar-refractivity contribution in [3.63, 3.8) is 0 Å². The van der Waals surface area contributed by atoms with E-state index in [1.807, 2.05) is 11.7 Å². The maximum absolute atomic E-state index is 4.57. The van der Waals surface area contributed by atoms with E-state index >= 15 is 0 Å². The molecule has 1 aliphatic heterocycles. The summed E-state index contributed by atoms with van der Waals surface area (Å²) in [6, 6.07) is 8.79. The first-order chi connectivity index (χ1) is 11.5. The minimum Gasteiger partial charge on any atom is -0.374 e. The summed E-state index contributed by atoms with van der Waals surface area (Å²) >= 11 is 0. The number of para-hydroxylation sites is 1. The predicted octanol–water partition coefficient (Wildman–Crippen LogP) is 2.51. The average Bonchev–Trinajstić information content (AvgIpc) is 2.84. The van der Waals surface area contributed by atoms with Gasteiger partial charge in [-0.25, -0.2) is 0 Å². The molecule has 3 rings (SSSR count). The number of hydrogen-bond donors (Lipinski definition) is 1. The largest absolute Gasteiger partial charge is 0.374 e. The summed E-state index contributed by atoms with van der Waals surface area (Å²) < 4.78 is 1.97. The molecule has 2 heterocycles. The molecule has 1 aliphatic rings. The van der Waals surface area contributed by atoms with Gasteiger partial charge in [0.1, 0.15) is 5.82 Å². The molecule has 0 aliphatic carbocycles. The van der Waals surface area contributed by atoms with Gasteiger partial charge in [-0.1, -0.05) is 18.2 Å². The van der Waals surface area contributed by atoms with Crippen molar-refractivity contribution in [3.8, 4) is 0 Å². The van der Waals surface area contributed by atoms with Gasteiger partial charge < -0.3 is 15.1 Å². The van der Waals surface area contributed by atoms with Crippen LogP contribution in [0.4, 0.5) is 11.5 Å². The first-order valence-electron chi connectivity index (χ1n) is 8.69. The van der Waals surface area contributed by atoms with Gasteiger partial charge in [0.25, 0.3) is 0 Å². The molecule has 1 atom stereocenters. The van der Waals surface area contributed by atoms with Crippen LogP contribution in [0.25, 0.3) is 0 Å².